The van der Waals surface area contributed by atoms with Crippen LogP contribution in [-0.4, -0.2) is 34.1 Å². The maximum atomic E-state index is 12.9. The third-order valence-electron chi connectivity index (χ3n) is 6.96. The third kappa shape index (κ3) is 2.38. The first-order valence-electron chi connectivity index (χ1n) is 10.1. The summed E-state index contributed by atoms with van der Waals surface area (Å²) in [5, 5.41) is 14.3. The van der Waals surface area contributed by atoms with Gasteiger partial charge in [0.2, 0.25) is 0 Å². The molecule has 1 aromatic heterocycles. The van der Waals surface area contributed by atoms with E-state index in [4.69, 9.17) is 9.52 Å². The highest BCUT2D eigenvalue weighted by Crippen LogP contribution is 2.65. The van der Waals surface area contributed by atoms with Gasteiger partial charge in [0, 0.05) is 5.56 Å². The number of nitrogens with zero attached hydrogens (tertiary/aromatic N) is 2. The summed E-state index contributed by atoms with van der Waals surface area (Å²) in [6.45, 7) is 0. The quantitative estimate of drug-likeness (QED) is 0.481. The van der Waals surface area contributed by atoms with Crippen LogP contribution in [0.15, 0.2) is 58.1 Å². The van der Waals surface area contributed by atoms with Crippen molar-refractivity contribution in [1.82, 2.24) is 5.01 Å². The zero-order chi connectivity index (χ0) is 20.6. The Morgan fingerprint density at radius 1 is 1.07 bits per heavy atom. The number of hydrazone groups is 1. The number of hydrogen-bond acceptors (Lipinski definition) is 5. The molecule has 0 spiro atoms. The average molecular weight is 402 g/mol. The lowest BCUT2D eigenvalue weighted by molar-refractivity contribution is -0.140. The summed E-state index contributed by atoms with van der Waals surface area (Å²) in [6, 6.07) is 9.80. The summed E-state index contributed by atoms with van der Waals surface area (Å²) in [5.74, 6) is 0.292. The molecule has 3 fully saturated rings. The fourth-order valence-electron chi connectivity index (χ4n) is 5.55. The van der Waals surface area contributed by atoms with Crippen molar-refractivity contribution >= 4 is 24.0 Å². The van der Waals surface area contributed by atoms with E-state index in [0.717, 1.165) is 11.4 Å². The number of carbonyl (C=O) groups is 3. The van der Waals surface area contributed by atoms with Crippen LogP contribution < -0.4 is 0 Å². The molecule has 7 nitrogen and oxygen atoms in total. The summed E-state index contributed by atoms with van der Waals surface area (Å²) in [4.78, 5) is 37.0. The van der Waals surface area contributed by atoms with E-state index >= 15 is 0 Å². The number of carboxylic acid groups (broad SMARTS) is 1. The van der Waals surface area contributed by atoms with Gasteiger partial charge < -0.3 is 9.52 Å². The summed E-state index contributed by atoms with van der Waals surface area (Å²) in [6.07, 6.45) is 6.75. The Kier molecular flexibility index (Phi) is 3.48. The first-order chi connectivity index (χ1) is 14.5. The van der Waals surface area contributed by atoms with Crippen LogP contribution in [0.2, 0.25) is 0 Å². The molecular weight excluding hydrogens is 384 g/mol. The van der Waals surface area contributed by atoms with E-state index in [1.807, 2.05) is 0 Å². The number of carbonyl (C=O) groups excluding carboxylic acids is 2. The van der Waals surface area contributed by atoms with Crippen molar-refractivity contribution in [3.05, 3.63) is 59.9 Å². The van der Waals surface area contributed by atoms with Crippen molar-refractivity contribution in [2.24, 2.45) is 40.6 Å². The van der Waals surface area contributed by atoms with Gasteiger partial charge in [-0.1, -0.05) is 24.3 Å². The SMILES string of the molecule is O=C(O)c1cccc(-c2ccc(C=NN3C(=O)C4C5C=CC(C6CC56)C4C3=O)o2)c1. The van der Waals surface area contributed by atoms with E-state index in [1.54, 1.807) is 24.3 Å². The van der Waals surface area contributed by atoms with Crippen molar-refractivity contribution in [1.29, 1.82) is 0 Å². The van der Waals surface area contributed by atoms with Gasteiger partial charge in [0.1, 0.15) is 11.5 Å². The molecule has 1 aliphatic heterocycles. The minimum absolute atomic E-state index is 0.163. The minimum atomic E-state index is -1.01. The Bertz CT molecular complexity index is 1130. The Hall–Kier alpha value is -3.48. The number of imide groups is 1. The van der Waals surface area contributed by atoms with Crippen molar-refractivity contribution in [3.63, 3.8) is 0 Å². The van der Waals surface area contributed by atoms with Gasteiger partial charge in [-0.05, 0) is 54.4 Å². The van der Waals surface area contributed by atoms with Gasteiger partial charge in [0.25, 0.3) is 11.8 Å². The summed E-state index contributed by atoms with van der Waals surface area (Å²) < 4.78 is 5.73. The molecule has 30 heavy (non-hydrogen) atoms. The summed E-state index contributed by atoms with van der Waals surface area (Å²) in [7, 11) is 0. The summed E-state index contributed by atoms with van der Waals surface area (Å²) in [5.41, 5.74) is 0.784. The van der Waals surface area contributed by atoms with Crippen LogP contribution in [-0.2, 0) is 9.59 Å². The lowest BCUT2D eigenvalue weighted by Crippen LogP contribution is -2.40. The largest absolute Gasteiger partial charge is 0.478 e. The average Bonchev–Trinajstić information content (AvgIpc) is 3.39. The molecule has 7 rings (SSSR count). The van der Waals surface area contributed by atoms with E-state index < -0.39 is 5.97 Å². The molecule has 2 heterocycles. The van der Waals surface area contributed by atoms with Crippen LogP contribution in [0.5, 0.6) is 0 Å². The van der Waals surface area contributed by atoms with Crippen LogP contribution in [0.1, 0.15) is 22.5 Å². The van der Waals surface area contributed by atoms with Crippen molar-refractivity contribution in [2.45, 2.75) is 6.42 Å². The Balaban J connectivity index is 1.24. The molecule has 1 aromatic carbocycles. The fourth-order valence-corrected chi connectivity index (χ4v) is 5.55. The number of benzene rings is 1. The van der Waals surface area contributed by atoms with E-state index in [0.29, 0.717) is 28.9 Å². The molecular formula is C23H18N2O5. The van der Waals surface area contributed by atoms with Crippen molar-refractivity contribution in [2.75, 3.05) is 0 Å². The fraction of sp³-hybridized carbons (Fsp3) is 0.304. The van der Waals surface area contributed by atoms with Crippen LogP contribution in [0.3, 0.4) is 0 Å². The standard InChI is InChI=1S/C23H18N2O5/c26-21-19-14-5-6-15(17-9-16(14)17)20(19)22(27)25(21)24-10-13-4-7-18(30-13)11-2-1-3-12(8-11)23(28)29/h1-8,10,14-17,19-20H,9H2,(H,28,29). The molecule has 2 aromatic rings. The van der Waals surface area contributed by atoms with E-state index in [9.17, 15) is 14.4 Å². The molecule has 0 radical (unpaired) electrons. The Labute approximate surface area is 171 Å². The topological polar surface area (TPSA) is 100 Å². The van der Waals surface area contributed by atoms with Gasteiger partial charge in [-0.3, -0.25) is 9.59 Å². The molecule has 5 aliphatic rings. The zero-order valence-corrected chi connectivity index (χ0v) is 15.8. The molecule has 7 heteroatoms. The molecule has 4 aliphatic carbocycles. The molecule has 6 atom stereocenters. The van der Waals surface area contributed by atoms with Crippen LogP contribution in [0.4, 0.5) is 0 Å². The smallest absolute Gasteiger partial charge is 0.335 e. The van der Waals surface area contributed by atoms with E-state index in [1.165, 1.54) is 18.3 Å². The van der Waals surface area contributed by atoms with Gasteiger partial charge in [-0.15, -0.1) is 0 Å². The highest BCUT2D eigenvalue weighted by Gasteiger charge is 2.67. The number of hydrogen-bond donors (Lipinski definition) is 1. The predicted molar refractivity (Wildman–Crippen MR) is 105 cm³/mol. The second kappa shape index (κ2) is 6.01. The molecule has 2 saturated carbocycles. The lowest BCUT2D eigenvalue weighted by atomic mass is 9.63. The van der Waals surface area contributed by atoms with Gasteiger partial charge in [0.15, 0.2) is 0 Å². The van der Waals surface area contributed by atoms with Gasteiger partial charge >= 0.3 is 5.97 Å². The van der Waals surface area contributed by atoms with Crippen LogP contribution >= 0.6 is 0 Å². The number of rotatable bonds is 4. The highest BCUT2D eigenvalue weighted by molar-refractivity contribution is 6.06. The number of amides is 2. The van der Waals surface area contributed by atoms with E-state index in [-0.39, 0.29) is 41.0 Å². The maximum Gasteiger partial charge on any atom is 0.335 e. The minimum Gasteiger partial charge on any atom is -0.478 e. The third-order valence-corrected chi connectivity index (χ3v) is 6.96. The molecule has 2 bridgehead atoms. The Morgan fingerprint density at radius 2 is 1.77 bits per heavy atom. The van der Waals surface area contributed by atoms with E-state index in [2.05, 4.69) is 17.3 Å². The highest BCUT2D eigenvalue weighted by atomic mass is 16.4. The molecule has 150 valence electrons. The second-order valence-electron chi connectivity index (χ2n) is 8.48. The zero-order valence-electron chi connectivity index (χ0n) is 15.8. The number of furan rings is 1. The molecule has 6 unspecified atom stereocenters. The van der Waals surface area contributed by atoms with Crippen molar-refractivity contribution < 1.29 is 23.9 Å². The second-order valence-corrected chi connectivity index (χ2v) is 8.48. The van der Waals surface area contributed by atoms with Crippen LogP contribution in [0, 0.1) is 35.5 Å². The summed E-state index contributed by atoms with van der Waals surface area (Å²) >= 11 is 0. The van der Waals surface area contributed by atoms with Gasteiger partial charge in [0.05, 0.1) is 23.6 Å². The van der Waals surface area contributed by atoms with Gasteiger partial charge in [-0.2, -0.15) is 10.1 Å². The Morgan fingerprint density at radius 3 is 2.43 bits per heavy atom. The first-order valence-corrected chi connectivity index (χ1v) is 10.1. The number of allylic oxidation sites excluding steroid dienone is 2. The monoisotopic (exact) mass is 402 g/mol. The normalized spacial score (nSPS) is 33.3. The predicted octanol–water partition coefficient (Wildman–Crippen LogP) is 3.03. The first kappa shape index (κ1) is 17.4. The van der Waals surface area contributed by atoms with Crippen molar-refractivity contribution in [3.8, 4) is 11.3 Å². The molecule has 1 saturated heterocycles. The molecule has 2 amide bonds. The maximum absolute atomic E-state index is 12.9. The number of aromatic carboxylic acids is 1. The van der Waals surface area contributed by atoms with Gasteiger partial charge in [-0.25, -0.2) is 4.79 Å². The number of carboxylic acids is 1. The lowest BCUT2D eigenvalue weighted by Gasteiger charge is -2.37. The molecule has 1 N–H and O–H groups in total. The van der Waals surface area contributed by atoms with Crippen LogP contribution in [0.25, 0.3) is 11.3 Å².